The summed E-state index contributed by atoms with van der Waals surface area (Å²) in [5.41, 5.74) is 2.16. The molecule has 1 amide bonds. The van der Waals surface area contributed by atoms with Crippen molar-refractivity contribution in [1.82, 2.24) is 5.09 Å². The number of carbonyl (C=O) groups excluding carboxylic acids is 1. The molecule has 3 nitrogen and oxygen atoms in total. The molecule has 0 saturated carbocycles. The molecule has 0 radical (unpaired) electrons. The molecule has 0 spiro atoms. The number of carbonyl (C=O) groups is 1. The van der Waals surface area contributed by atoms with E-state index in [1.165, 1.54) is 0 Å². The topological polar surface area (TPSA) is 38.3 Å². The second-order valence-corrected chi connectivity index (χ2v) is 7.14. The molecule has 2 aromatic rings. The Morgan fingerprint density at radius 3 is 2.62 bits per heavy atom. The van der Waals surface area contributed by atoms with Crippen molar-refractivity contribution in [3.05, 3.63) is 71.1 Å². The van der Waals surface area contributed by atoms with Gasteiger partial charge >= 0.3 is 0 Å². The quantitative estimate of drug-likeness (QED) is 0.830. The van der Waals surface area contributed by atoms with Gasteiger partial charge in [0.05, 0.1) is 0 Å². The van der Waals surface area contributed by atoms with Crippen LogP contribution in [-0.2, 0) is 11.2 Å². The fraction of sp³-hybridized carbons (Fsp3) is 0.211. The van der Waals surface area contributed by atoms with Crippen LogP contribution >= 0.6 is 8.73 Å². The summed E-state index contributed by atoms with van der Waals surface area (Å²) in [6, 6.07) is 12.9. The van der Waals surface area contributed by atoms with Gasteiger partial charge < -0.3 is 9.82 Å². The van der Waals surface area contributed by atoms with Gasteiger partial charge in [-0.25, -0.2) is 4.39 Å². The molecule has 0 saturated heterocycles. The van der Waals surface area contributed by atoms with Crippen LogP contribution in [-0.4, -0.2) is 11.6 Å². The SMILES string of the molecule is CC1=CC(Cc2ccc(C)c(Oc3ccccc3)c2F)PNC1=O. The first-order valence-electron chi connectivity index (χ1n) is 7.80. The van der Waals surface area contributed by atoms with E-state index < -0.39 is 0 Å². The first-order valence-corrected chi connectivity index (χ1v) is 8.87. The highest BCUT2D eigenvalue weighted by atomic mass is 31.1. The van der Waals surface area contributed by atoms with Crippen molar-refractivity contribution in [1.29, 1.82) is 0 Å². The molecule has 0 bridgehead atoms. The largest absolute Gasteiger partial charge is 0.454 e. The fourth-order valence-electron chi connectivity index (χ4n) is 2.61. The Morgan fingerprint density at radius 1 is 1.17 bits per heavy atom. The van der Waals surface area contributed by atoms with E-state index in [1.54, 1.807) is 25.1 Å². The van der Waals surface area contributed by atoms with Gasteiger partial charge in [-0.05, 0) is 52.3 Å². The highest BCUT2D eigenvalue weighted by Crippen LogP contribution is 2.33. The molecule has 1 N–H and O–H groups in total. The summed E-state index contributed by atoms with van der Waals surface area (Å²) in [6.07, 6.45) is 2.46. The second-order valence-electron chi connectivity index (χ2n) is 5.86. The first-order chi connectivity index (χ1) is 11.5. The molecule has 1 aliphatic rings. The van der Waals surface area contributed by atoms with E-state index in [1.807, 2.05) is 37.3 Å². The minimum absolute atomic E-state index is 0.0398. The number of benzene rings is 2. The molecular weight excluding hydrogens is 324 g/mol. The smallest absolute Gasteiger partial charge is 0.249 e. The van der Waals surface area contributed by atoms with Gasteiger partial charge in [-0.1, -0.05) is 36.4 Å². The van der Waals surface area contributed by atoms with Crippen LogP contribution in [0.1, 0.15) is 18.1 Å². The minimum atomic E-state index is -0.327. The maximum atomic E-state index is 14.9. The van der Waals surface area contributed by atoms with E-state index in [0.717, 1.165) is 5.56 Å². The van der Waals surface area contributed by atoms with Crippen LogP contribution in [0, 0.1) is 12.7 Å². The Morgan fingerprint density at radius 2 is 1.92 bits per heavy atom. The monoisotopic (exact) mass is 343 g/mol. The second kappa shape index (κ2) is 7.14. The summed E-state index contributed by atoms with van der Waals surface area (Å²) in [6.45, 7) is 3.61. The minimum Gasteiger partial charge on any atom is -0.454 e. The van der Waals surface area contributed by atoms with E-state index in [2.05, 4.69) is 5.09 Å². The molecule has 0 aromatic heterocycles. The van der Waals surface area contributed by atoms with Crippen molar-refractivity contribution >= 4 is 14.6 Å². The van der Waals surface area contributed by atoms with Crippen molar-refractivity contribution in [2.45, 2.75) is 25.9 Å². The van der Waals surface area contributed by atoms with E-state index >= 15 is 0 Å². The zero-order chi connectivity index (χ0) is 17.1. The standard InChI is InChI=1S/C19H19FNO2P/c1-12-8-9-14(11-16-10-13(2)19(22)21-24-16)17(20)18(12)23-15-6-4-3-5-7-15/h3-10,16,24H,11H2,1-2H3,(H,21,22). The van der Waals surface area contributed by atoms with Gasteiger partial charge in [0.2, 0.25) is 5.91 Å². The lowest BCUT2D eigenvalue weighted by Gasteiger charge is -2.21. The number of hydrogen-bond acceptors (Lipinski definition) is 2. The van der Waals surface area contributed by atoms with Crippen molar-refractivity contribution < 1.29 is 13.9 Å². The predicted molar refractivity (Wildman–Crippen MR) is 95.4 cm³/mol. The van der Waals surface area contributed by atoms with Gasteiger partial charge in [-0.15, -0.1) is 0 Å². The maximum absolute atomic E-state index is 14.9. The van der Waals surface area contributed by atoms with Crippen molar-refractivity contribution in [2.24, 2.45) is 0 Å². The van der Waals surface area contributed by atoms with Gasteiger partial charge in [0.25, 0.3) is 0 Å². The Kier molecular flexibility index (Phi) is 4.96. The number of para-hydroxylation sites is 1. The van der Waals surface area contributed by atoms with Crippen LogP contribution in [0.15, 0.2) is 54.1 Å². The van der Waals surface area contributed by atoms with Crippen LogP contribution in [0.5, 0.6) is 11.5 Å². The van der Waals surface area contributed by atoms with Crippen molar-refractivity contribution in [3.8, 4) is 11.5 Å². The molecule has 0 fully saturated rings. The van der Waals surface area contributed by atoms with E-state index in [0.29, 0.717) is 23.3 Å². The lowest BCUT2D eigenvalue weighted by Crippen LogP contribution is -2.25. The highest BCUT2D eigenvalue weighted by molar-refractivity contribution is 7.38. The summed E-state index contributed by atoms with van der Waals surface area (Å²) >= 11 is 0. The van der Waals surface area contributed by atoms with Crippen molar-refractivity contribution in [2.75, 3.05) is 0 Å². The third kappa shape index (κ3) is 3.65. The number of aryl methyl sites for hydroxylation is 1. The summed E-state index contributed by atoms with van der Waals surface area (Å²) in [5, 5.41) is 2.85. The molecule has 2 unspecified atom stereocenters. The Hall–Kier alpha value is -2.19. The third-order valence-electron chi connectivity index (χ3n) is 3.96. The molecule has 3 rings (SSSR count). The van der Waals surface area contributed by atoms with Gasteiger partial charge in [0.1, 0.15) is 5.75 Å². The molecule has 2 atom stereocenters. The molecule has 5 heteroatoms. The molecular formula is C19H19FNO2P. The summed E-state index contributed by atoms with van der Waals surface area (Å²) in [7, 11) is 0.265. The number of halogens is 1. The van der Waals surface area contributed by atoms with E-state index in [-0.39, 0.29) is 31.9 Å². The summed E-state index contributed by atoms with van der Waals surface area (Å²) < 4.78 is 20.7. The lowest BCUT2D eigenvalue weighted by atomic mass is 10.0. The van der Waals surface area contributed by atoms with E-state index in [9.17, 15) is 9.18 Å². The summed E-state index contributed by atoms with van der Waals surface area (Å²) in [5.74, 6) is 0.510. The number of amides is 1. The lowest BCUT2D eigenvalue weighted by molar-refractivity contribution is -0.115. The van der Waals surface area contributed by atoms with E-state index in [4.69, 9.17) is 4.74 Å². The van der Waals surface area contributed by atoms with Crippen LogP contribution < -0.4 is 9.82 Å². The average molecular weight is 343 g/mol. The highest BCUT2D eigenvalue weighted by Gasteiger charge is 2.20. The molecule has 1 heterocycles. The van der Waals surface area contributed by atoms with Gasteiger partial charge in [-0.3, -0.25) is 4.79 Å². The zero-order valence-corrected chi connectivity index (χ0v) is 14.6. The predicted octanol–water partition coefficient (Wildman–Crippen LogP) is 4.51. The number of nitrogens with one attached hydrogen (secondary N) is 1. The maximum Gasteiger partial charge on any atom is 0.249 e. The van der Waals surface area contributed by atoms with Gasteiger partial charge in [-0.2, -0.15) is 0 Å². The van der Waals surface area contributed by atoms with Gasteiger partial charge in [0.15, 0.2) is 11.6 Å². The van der Waals surface area contributed by atoms with Gasteiger partial charge in [0, 0.05) is 11.2 Å². The number of rotatable bonds is 4. The van der Waals surface area contributed by atoms with Crippen molar-refractivity contribution in [3.63, 3.8) is 0 Å². The Labute approximate surface area is 142 Å². The Balaban J connectivity index is 1.85. The third-order valence-corrected chi connectivity index (χ3v) is 5.07. The van der Waals surface area contributed by atoms with Crippen LogP contribution in [0.4, 0.5) is 4.39 Å². The molecule has 124 valence electrons. The number of allylic oxidation sites excluding steroid dienone is 1. The van der Waals surface area contributed by atoms with Crippen LogP contribution in [0.2, 0.25) is 0 Å². The Bertz CT molecular complexity index is 789. The molecule has 0 aliphatic carbocycles. The van der Waals surface area contributed by atoms with Crippen LogP contribution in [0.3, 0.4) is 0 Å². The first kappa shape index (κ1) is 16.7. The zero-order valence-electron chi connectivity index (χ0n) is 13.6. The summed E-state index contributed by atoms with van der Waals surface area (Å²) in [4.78, 5) is 11.5. The molecule has 1 aliphatic heterocycles. The number of hydrogen-bond donors (Lipinski definition) is 1. The molecule has 2 aromatic carbocycles. The molecule has 24 heavy (non-hydrogen) atoms. The normalized spacial score (nSPS) is 18.2. The number of ether oxygens (including phenoxy) is 1. The average Bonchev–Trinajstić information content (AvgIpc) is 2.58. The fourth-order valence-corrected chi connectivity index (χ4v) is 3.77. The van der Waals surface area contributed by atoms with Crippen LogP contribution in [0.25, 0.3) is 0 Å².